The van der Waals surface area contributed by atoms with E-state index in [9.17, 15) is 18.0 Å². The first-order valence-electron chi connectivity index (χ1n) is 13.8. The van der Waals surface area contributed by atoms with Crippen molar-refractivity contribution in [1.29, 1.82) is 0 Å². The number of sulfonamides is 1. The standard InChI is InChI=1S/C30H42N2O7S/c1-21(2)31-40(35,36)27-20-24(19-23-15-18-38-28(23)27)25(33)12-9-10-16-32(29(34)39-30(3,4)5)17-14-22-11-7-8-13-26(22)37-6/h7-8,11,13,19-21,31H,9-10,12,14-18H2,1-6H3. The van der Waals surface area contributed by atoms with Crippen molar-refractivity contribution in [2.75, 3.05) is 26.8 Å². The van der Waals surface area contributed by atoms with Crippen molar-refractivity contribution < 1.29 is 32.2 Å². The van der Waals surface area contributed by atoms with E-state index < -0.39 is 21.7 Å². The molecule has 40 heavy (non-hydrogen) atoms. The predicted molar refractivity (Wildman–Crippen MR) is 154 cm³/mol. The second-order valence-electron chi connectivity index (χ2n) is 11.2. The van der Waals surface area contributed by atoms with Gasteiger partial charge in [0.25, 0.3) is 0 Å². The highest BCUT2D eigenvalue weighted by Crippen LogP contribution is 2.35. The summed E-state index contributed by atoms with van der Waals surface area (Å²) in [6.07, 6.45) is 2.10. The van der Waals surface area contributed by atoms with Crippen LogP contribution in [-0.2, 0) is 27.6 Å². The molecule has 1 N–H and O–H groups in total. The number of ketones is 1. The van der Waals surface area contributed by atoms with Crippen molar-refractivity contribution in [2.45, 2.75) is 83.3 Å². The average molecular weight is 575 g/mol. The van der Waals surface area contributed by atoms with E-state index in [2.05, 4.69) is 4.72 Å². The van der Waals surface area contributed by atoms with Crippen LogP contribution in [0, 0.1) is 0 Å². The van der Waals surface area contributed by atoms with Gasteiger partial charge >= 0.3 is 6.09 Å². The fourth-order valence-corrected chi connectivity index (χ4v) is 5.99. The number of ether oxygens (including phenoxy) is 3. The summed E-state index contributed by atoms with van der Waals surface area (Å²) in [6, 6.07) is 10.5. The Balaban J connectivity index is 1.66. The fourth-order valence-electron chi connectivity index (χ4n) is 4.53. The summed E-state index contributed by atoms with van der Waals surface area (Å²) in [6.45, 7) is 10.2. The largest absolute Gasteiger partial charge is 0.496 e. The number of unbranched alkanes of at least 4 members (excludes halogenated alkanes) is 1. The van der Waals surface area contributed by atoms with Crippen molar-refractivity contribution >= 4 is 21.9 Å². The zero-order valence-corrected chi connectivity index (χ0v) is 25.2. The van der Waals surface area contributed by atoms with Gasteiger partial charge in [-0.25, -0.2) is 17.9 Å². The highest BCUT2D eigenvalue weighted by atomic mass is 32.2. The van der Waals surface area contributed by atoms with Gasteiger partial charge in [0, 0.05) is 37.5 Å². The second kappa shape index (κ2) is 13.5. The van der Waals surface area contributed by atoms with Gasteiger partial charge in [-0.3, -0.25) is 4.79 Å². The molecule has 1 aliphatic heterocycles. The van der Waals surface area contributed by atoms with Gasteiger partial charge in [-0.2, -0.15) is 0 Å². The SMILES string of the molecule is COc1ccccc1CCN(CCCCC(=O)c1cc2c(c(S(=O)(=O)NC(C)C)c1)OCC2)C(=O)OC(C)(C)C. The maximum absolute atomic E-state index is 13.1. The van der Waals surface area contributed by atoms with Crippen LogP contribution in [0.15, 0.2) is 41.3 Å². The topological polar surface area (TPSA) is 111 Å². The van der Waals surface area contributed by atoms with Gasteiger partial charge < -0.3 is 19.1 Å². The van der Waals surface area contributed by atoms with E-state index in [-0.39, 0.29) is 23.1 Å². The van der Waals surface area contributed by atoms with Crippen molar-refractivity contribution in [2.24, 2.45) is 0 Å². The number of hydrogen-bond donors (Lipinski definition) is 1. The lowest BCUT2D eigenvalue weighted by molar-refractivity contribution is 0.0249. The molecule has 0 aromatic heterocycles. The number of Topliss-reactive ketones (excluding diaryl/α,β-unsaturated/α-hetero) is 1. The molecule has 9 nitrogen and oxygen atoms in total. The molecule has 10 heteroatoms. The van der Waals surface area contributed by atoms with E-state index in [0.717, 1.165) is 16.9 Å². The molecule has 0 aliphatic carbocycles. The normalized spacial score (nSPS) is 13.1. The minimum atomic E-state index is -3.83. The number of amides is 1. The van der Waals surface area contributed by atoms with Crippen molar-refractivity contribution in [3.63, 3.8) is 0 Å². The summed E-state index contributed by atoms with van der Waals surface area (Å²) in [5.74, 6) is 0.947. The quantitative estimate of drug-likeness (QED) is 0.260. The first kappa shape index (κ1) is 31.4. The van der Waals surface area contributed by atoms with E-state index in [1.807, 2.05) is 45.0 Å². The Morgan fingerprint density at radius 3 is 2.50 bits per heavy atom. The molecule has 3 rings (SSSR count). The van der Waals surface area contributed by atoms with E-state index in [0.29, 0.717) is 56.7 Å². The third-order valence-corrected chi connectivity index (χ3v) is 7.99. The van der Waals surface area contributed by atoms with Crippen molar-refractivity contribution in [3.05, 3.63) is 53.1 Å². The number of methoxy groups -OCH3 is 1. The zero-order chi connectivity index (χ0) is 29.5. The Morgan fingerprint density at radius 2 is 1.82 bits per heavy atom. The van der Waals surface area contributed by atoms with Crippen LogP contribution >= 0.6 is 0 Å². The number of fused-ring (bicyclic) bond motifs is 1. The molecule has 0 saturated carbocycles. The molecular formula is C30H42N2O7S. The number of benzene rings is 2. The number of nitrogens with zero attached hydrogens (tertiary/aromatic N) is 1. The third-order valence-electron chi connectivity index (χ3n) is 6.33. The van der Waals surface area contributed by atoms with Crippen molar-refractivity contribution in [1.82, 2.24) is 9.62 Å². The fraction of sp³-hybridized carbons (Fsp3) is 0.533. The Hall–Kier alpha value is -3.11. The first-order chi connectivity index (χ1) is 18.8. The molecule has 0 fully saturated rings. The van der Waals surface area contributed by atoms with Crippen LogP contribution in [0.5, 0.6) is 11.5 Å². The van der Waals surface area contributed by atoms with Crippen LogP contribution in [0.3, 0.4) is 0 Å². The number of carbonyl (C=O) groups excluding carboxylic acids is 2. The zero-order valence-electron chi connectivity index (χ0n) is 24.4. The van der Waals surface area contributed by atoms with E-state index in [1.54, 1.807) is 31.9 Å². The van der Waals surface area contributed by atoms with Crippen LogP contribution in [0.2, 0.25) is 0 Å². The van der Waals surface area contributed by atoms with Gasteiger partial charge in [0.15, 0.2) is 5.78 Å². The molecule has 220 valence electrons. The molecule has 1 heterocycles. The highest BCUT2D eigenvalue weighted by molar-refractivity contribution is 7.89. The van der Waals surface area contributed by atoms with Crippen LogP contribution < -0.4 is 14.2 Å². The van der Waals surface area contributed by atoms with Gasteiger partial charge in [-0.05, 0) is 83.2 Å². The van der Waals surface area contributed by atoms with Crippen LogP contribution in [0.25, 0.3) is 0 Å². The van der Waals surface area contributed by atoms with Gasteiger partial charge in [-0.15, -0.1) is 0 Å². The second-order valence-corrected chi connectivity index (χ2v) is 12.9. The van der Waals surface area contributed by atoms with E-state index >= 15 is 0 Å². The monoisotopic (exact) mass is 574 g/mol. The molecular weight excluding hydrogens is 532 g/mol. The Labute approximate surface area is 238 Å². The molecule has 2 aromatic rings. The summed E-state index contributed by atoms with van der Waals surface area (Å²) in [5.41, 5.74) is 1.44. The Kier molecular flexibility index (Phi) is 10.6. The number of para-hydroxylation sites is 1. The minimum Gasteiger partial charge on any atom is -0.496 e. The number of carbonyl (C=O) groups is 2. The molecule has 1 aliphatic rings. The van der Waals surface area contributed by atoms with Crippen LogP contribution in [0.4, 0.5) is 4.79 Å². The molecule has 2 aromatic carbocycles. The Morgan fingerprint density at radius 1 is 1.10 bits per heavy atom. The van der Waals surface area contributed by atoms with Gasteiger partial charge in [0.1, 0.15) is 22.0 Å². The summed E-state index contributed by atoms with van der Waals surface area (Å²) in [4.78, 5) is 27.7. The van der Waals surface area contributed by atoms with Crippen LogP contribution in [-0.4, -0.2) is 63.6 Å². The lowest BCUT2D eigenvalue weighted by atomic mass is 10.0. The lowest BCUT2D eigenvalue weighted by Gasteiger charge is -2.27. The molecule has 0 spiro atoms. The van der Waals surface area contributed by atoms with Gasteiger partial charge in [0.05, 0.1) is 13.7 Å². The lowest BCUT2D eigenvalue weighted by Crippen LogP contribution is -2.38. The summed E-state index contributed by atoms with van der Waals surface area (Å²) in [5, 5.41) is 0. The molecule has 0 bridgehead atoms. The summed E-state index contributed by atoms with van der Waals surface area (Å²) < 4.78 is 45.1. The highest BCUT2D eigenvalue weighted by Gasteiger charge is 2.28. The summed E-state index contributed by atoms with van der Waals surface area (Å²) in [7, 11) is -2.21. The Bertz CT molecular complexity index is 1300. The molecule has 0 atom stereocenters. The van der Waals surface area contributed by atoms with Crippen molar-refractivity contribution in [3.8, 4) is 11.5 Å². The van der Waals surface area contributed by atoms with Crippen LogP contribution in [0.1, 0.15) is 75.4 Å². The molecule has 0 unspecified atom stereocenters. The maximum Gasteiger partial charge on any atom is 0.410 e. The maximum atomic E-state index is 13.1. The number of nitrogens with one attached hydrogen (secondary N) is 1. The molecule has 0 radical (unpaired) electrons. The summed E-state index contributed by atoms with van der Waals surface area (Å²) >= 11 is 0. The number of rotatable bonds is 13. The van der Waals surface area contributed by atoms with E-state index in [1.165, 1.54) is 6.07 Å². The molecule has 1 amide bonds. The third kappa shape index (κ3) is 8.69. The van der Waals surface area contributed by atoms with Gasteiger partial charge in [-0.1, -0.05) is 18.2 Å². The molecule has 0 saturated heterocycles. The average Bonchev–Trinajstić information content (AvgIpc) is 3.34. The smallest absolute Gasteiger partial charge is 0.410 e. The first-order valence-corrected chi connectivity index (χ1v) is 15.2. The van der Waals surface area contributed by atoms with E-state index in [4.69, 9.17) is 14.2 Å². The minimum absolute atomic E-state index is 0.00647. The predicted octanol–water partition coefficient (Wildman–Crippen LogP) is 5.15. The van der Waals surface area contributed by atoms with Gasteiger partial charge in [0.2, 0.25) is 10.0 Å². The number of hydrogen-bond acceptors (Lipinski definition) is 7.